The monoisotopic (exact) mass is 482 g/mol. The van der Waals surface area contributed by atoms with Crippen molar-refractivity contribution in [3.63, 3.8) is 0 Å². The van der Waals surface area contributed by atoms with Crippen LogP contribution >= 0.6 is 0 Å². The van der Waals surface area contributed by atoms with Crippen LogP contribution in [-0.4, -0.2) is 83.4 Å². The van der Waals surface area contributed by atoms with Gasteiger partial charge in [-0.15, -0.1) is 0 Å². The SMILES string of the molecule is COC(=O)C1(N(OCc2ccccc2OC)C(C)=O)CCN(CC(C)C)CC1.O=C(O)C(=O)O. The number of hydroxylamine groups is 2. The maximum atomic E-state index is 12.8. The van der Waals surface area contributed by atoms with E-state index in [1.165, 1.54) is 19.1 Å². The predicted molar refractivity (Wildman–Crippen MR) is 121 cm³/mol. The van der Waals surface area contributed by atoms with Gasteiger partial charge in [-0.3, -0.25) is 9.63 Å². The van der Waals surface area contributed by atoms with Gasteiger partial charge in [0.2, 0.25) is 5.91 Å². The summed E-state index contributed by atoms with van der Waals surface area (Å²) in [7, 11) is 2.94. The van der Waals surface area contributed by atoms with Crippen LogP contribution < -0.4 is 4.74 Å². The molecule has 2 rings (SSSR count). The summed E-state index contributed by atoms with van der Waals surface area (Å²) in [6.07, 6.45) is 0.940. The van der Waals surface area contributed by atoms with Crippen molar-refractivity contribution in [2.75, 3.05) is 33.9 Å². The van der Waals surface area contributed by atoms with Crippen molar-refractivity contribution in [3.05, 3.63) is 29.8 Å². The van der Waals surface area contributed by atoms with Gasteiger partial charge in [-0.2, -0.15) is 0 Å². The fraction of sp³-hybridized carbons (Fsp3) is 0.565. The number of amides is 1. The van der Waals surface area contributed by atoms with E-state index in [1.807, 2.05) is 24.3 Å². The van der Waals surface area contributed by atoms with Crippen LogP contribution in [-0.2, 0) is 35.4 Å². The number of likely N-dealkylation sites (tertiary alicyclic amines) is 1. The third-order valence-electron chi connectivity index (χ3n) is 5.27. The summed E-state index contributed by atoms with van der Waals surface area (Å²) in [4.78, 5) is 51.6. The van der Waals surface area contributed by atoms with Gasteiger partial charge >= 0.3 is 17.9 Å². The molecule has 0 aromatic heterocycles. The number of carboxylic acids is 2. The summed E-state index contributed by atoms with van der Waals surface area (Å²) in [5, 5.41) is 16.0. The van der Waals surface area contributed by atoms with Crippen LogP contribution in [0.2, 0.25) is 0 Å². The van der Waals surface area contributed by atoms with Gasteiger partial charge < -0.3 is 24.6 Å². The second-order valence-electron chi connectivity index (χ2n) is 8.23. The van der Waals surface area contributed by atoms with Crippen LogP contribution in [0.5, 0.6) is 5.75 Å². The Hall–Kier alpha value is -3.18. The Morgan fingerprint density at radius 2 is 1.62 bits per heavy atom. The fourth-order valence-corrected chi connectivity index (χ4v) is 3.77. The van der Waals surface area contributed by atoms with E-state index in [0.717, 1.165) is 12.1 Å². The number of carboxylic acid groups (broad SMARTS) is 2. The van der Waals surface area contributed by atoms with Gasteiger partial charge in [0.25, 0.3) is 0 Å². The van der Waals surface area contributed by atoms with Crippen LogP contribution in [0, 0.1) is 5.92 Å². The molecular formula is C23H34N2O9. The fourth-order valence-electron chi connectivity index (χ4n) is 3.77. The number of carbonyl (C=O) groups is 4. The molecule has 1 aliphatic rings. The third-order valence-corrected chi connectivity index (χ3v) is 5.27. The zero-order valence-corrected chi connectivity index (χ0v) is 20.3. The minimum absolute atomic E-state index is 0.123. The first-order valence-corrected chi connectivity index (χ1v) is 10.8. The Labute approximate surface area is 199 Å². The van der Waals surface area contributed by atoms with Crippen molar-refractivity contribution in [1.82, 2.24) is 9.96 Å². The van der Waals surface area contributed by atoms with Gasteiger partial charge in [0.15, 0.2) is 5.54 Å². The Balaban J connectivity index is 0.000000852. The van der Waals surface area contributed by atoms with E-state index in [-0.39, 0.29) is 12.5 Å². The van der Waals surface area contributed by atoms with Gasteiger partial charge in [0, 0.05) is 32.1 Å². The minimum atomic E-state index is -1.82. The second kappa shape index (κ2) is 13.5. The molecule has 1 heterocycles. The number of aliphatic carboxylic acids is 2. The number of hydrogen-bond donors (Lipinski definition) is 2. The van der Waals surface area contributed by atoms with Gasteiger partial charge in [-0.05, 0) is 24.8 Å². The van der Waals surface area contributed by atoms with E-state index < -0.39 is 23.4 Å². The molecule has 0 radical (unpaired) electrons. The van der Waals surface area contributed by atoms with Crippen molar-refractivity contribution in [1.29, 1.82) is 0 Å². The van der Waals surface area contributed by atoms with E-state index >= 15 is 0 Å². The molecule has 0 bridgehead atoms. The average molecular weight is 483 g/mol. The normalized spacial score (nSPS) is 15.0. The molecule has 0 atom stereocenters. The number of hydrogen-bond acceptors (Lipinski definition) is 8. The first kappa shape index (κ1) is 28.9. The molecule has 11 heteroatoms. The van der Waals surface area contributed by atoms with Crippen molar-refractivity contribution in [2.45, 2.75) is 45.8 Å². The molecule has 11 nitrogen and oxygen atoms in total. The molecule has 0 spiro atoms. The number of benzene rings is 1. The first-order valence-electron chi connectivity index (χ1n) is 10.8. The van der Waals surface area contributed by atoms with Crippen LogP contribution in [0.25, 0.3) is 0 Å². The molecule has 0 aliphatic carbocycles. The molecule has 2 N–H and O–H groups in total. The molecule has 1 amide bonds. The number of rotatable bonds is 8. The topological polar surface area (TPSA) is 143 Å². The molecule has 0 unspecified atom stereocenters. The lowest BCUT2D eigenvalue weighted by Gasteiger charge is -2.45. The van der Waals surface area contributed by atoms with Crippen LogP contribution in [0.15, 0.2) is 24.3 Å². The van der Waals surface area contributed by atoms with Gasteiger partial charge in [0.1, 0.15) is 12.4 Å². The lowest BCUT2D eigenvalue weighted by atomic mass is 9.86. The molecular weight excluding hydrogens is 448 g/mol. The maximum absolute atomic E-state index is 12.8. The number of para-hydroxylation sites is 1. The largest absolute Gasteiger partial charge is 0.496 e. The zero-order chi connectivity index (χ0) is 25.9. The second-order valence-corrected chi connectivity index (χ2v) is 8.23. The highest BCUT2D eigenvalue weighted by molar-refractivity contribution is 6.27. The average Bonchev–Trinajstić information content (AvgIpc) is 2.79. The number of piperidine rings is 1. The van der Waals surface area contributed by atoms with E-state index in [2.05, 4.69) is 18.7 Å². The van der Waals surface area contributed by atoms with E-state index in [9.17, 15) is 9.59 Å². The molecule has 1 saturated heterocycles. The number of methoxy groups -OCH3 is 2. The number of nitrogens with zero attached hydrogens (tertiary/aromatic N) is 2. The summed E-state index contributed by atoms with van der Waals surface area (Å²) in [6.45, 7) is 8.23. The quantitative estimate of drug-likeness (QED) is 0.320. The Kier molecular flexibility index (Phi) is 11.5. The highest BCUT2D eigenvalue weighted by Gasteiger charge is 2.50. The molecule has 0 saturated carbocycles. The number of esters is 1. The molecule has 1 aliphatic heterocycles. The predicted octanol–water partition coefficient (Wildman–Crippen LogP) is 1.79. The van der Waals surface area contributed by atoms with E-state index in [1.54, 1.807) is 7.11 Å². The third kappa shape index (κ3) is 7.99. The van der Waals surface area contributed by atoms with Gasteiger partial charge in [0.05, 0.1) is 14.2 Å². The maximum Gasteiger partial charge on any atom is 0.414 e. The lowest BCUT2D eigenvalue weighted by Crippen LogP contribution is -2.61. The van der Waals surface area contributed by atoms with Gasteiger partial charge in [-0.1, -0.05) is 32.0 Å². The van der Waals surface area contributed by atoms with Crippen molar-refractivity contribution < 1.29 is 43.7 Å². The molecule has 1 fully saturated rings. The standard InChI is InChI=1S/C21H32N2O5.C2H2O4/c1-16(2)14-22-12-10-21(11-13-22,20(25)27-5)23(17(3)24)28-15-18-8-6-7-9-19(18)26-4;3-1(4)2(5)6/h6-9,16H,10-15H2,1-5H3;(H,3,4)(H,5,6). The van der Waals surface area contributed by atoms with E-state index in [4.69, 9.17) is 34.1 Å². The molecule has 190 valence electrons. The molecule has 34 heavy (non-hydrogen) atoms. The van der Waals surface area contributed by atoms with Crippen molar-refractivity contribution >= 4 is 23.8 Å². The van der Waals surface area contributed by atoms with Crippen molar-refractivity contribution in [3.8, 4) is 5.75 Å². The smallest absolute Gasteiger partial charge is 0.414 e. The van der Waals surface area contributed by atoms with Crippen molar-refractivity contribution in [2.24, 2.45) is 5.92 Å². The minimum Gasteiger partial charge on any atom is -0.496 e. The first-order chi connectivity index (χ1) is 16.0. The highest BCUT2D eigenvalue weighted by Crippen LogP contribution is 2.32. The summed E-state index contributed by atoms with van der Waals surface area (Å²) in [5.74, 6) is -3.20. The zero-order valence-electron chi connectivity index (χ0n) is 20.3. The lowest BCUT2D eigenvalue weighted by molar-refractivity contribution is -0.240. The Morgan fingerprint density at radius 1 is 1.06 bits per heavy atom. The summed E-state index contributed by atoms with van der Waals surface area (Å²) in [6, 6.07) is 7.44. The van der Waals surface area contributed by atoms with Gasteiger partial charge in [-0.25, -0.2) is 19.4 Å². The summed E-state index contributed by atoms with van der Waals surface area (Å²) < 4.78 is 10.4. The molecule has 1 aromatic carbocycles. The van der Waals surface area contributed by atoms with Crippen LogP contribution in [0.4, 0.5) is 0 Å². The summed E-state index contributed by atoms with van der Waals surface area (Å²) in [5.41, 5.74) is -0.315. The number of ether oxygens (including phenoxy) is 2. The number of carbonyl (C=O) groups excluding carboxylic acids is 2. The Bertz CT molecular complexity index is 837. The summed E-state index contributed by atoms with van der Waals surface area (Å²) >= 11 is 0. The van der Waals surface area contributed by atoms with E-state index in [0.29, 0.717) is 37.6 Å². The van der Waals surface area contributed by atoms with Crippen LogP contribution in [0.1, 0.15) is 39.2 Å². The Morgan fingerprint density at radius 3 is 2.06 bits per heavy atom. The molecule has 1 aromatic rings. The van der Waals surface area contributed by atoms with Crippen LogP contribution in [0.3, 0.4) is 0 Å². The highest BCUT2D eigenvalue weighted by atomic mass is 16.7.